The molecule has 6 unspecified atom stereocenters. The molecule has 0 spiro atoms. The molecular weight excluding hydrogens is 1370 g/mol. The van der Waals surface area contributed by atoms with Crippen molar-refractivity contribution in [2.24, 2.45) is 0 Å². The summed E-state index contributed by atoms with van der Waals surface area (Å²) in [7, 11) is 0. The standard InChI is InChI=1S/C68H102N4O31/c1-43(76)71-57-60(85)64(102-68-63(88)65(59(84)51(40-74)100-68)103-67-62(87)61(86)58(83)50(39-73)99-67)52(41-75)101-66(57)97-22-5-19-70-54(80)17-24-91-28-32-94-35-34-93-30-26-89-21-4-8-47(77)42-98-48-12-10-44(11-13-48)45-6-2-7-46(38-45)49(78)9-3-18-69-53(79)16-23-90-27-31-95-36-37-96-33-29-92-25-20-72-55(81)14-15-56(72)82/h2,6-7,10-15,38,50-52,57-68,73-75,83-88H,3-5,8-9,16-37,39-42H2,1H3,(H,69,79)(H,70,80)(H,71,76)/t50?,51?,52?,57?,58-,59-,60+,61-,62?,63?,64+,65-,66+,67+,68-/m0/s1. The number of aliphatic hydroxyl groups excluding tert-OH is 9. The highest BCUT2D eigenvalue weighted by Crippen LogP contribution is 2.33. The number of carbonyl (C=O) groups is 7. The van der Waals surface area contributed by atoms with Crippen LogP contribution in [0.25, 0.3) is 11.1 Å². The van der Waals surface area contributed by atoms with Crippen LogP contribution in [-0.4, -0.2) is 342 Å². The molecule has 0 aromatic heterocycles. The number of aliphatic hydroxyl groups is 9. The number of carbonyl (C=O) groups excluding carboxylic acids is 7. The molecule has 3 saturated heterocycles. The fourth-order valence-electron chi connectivity index (χ4n) is 10.8. The summed E-state index contributed by atoms with van der Waals surface area (Å²) in [5.41, 5.74) is 2.26. The molecule has 35 nitrogen and oxygen atoms in total. The molecule has 0 aliphatic carbocycles. The van der Waals surface area contributed by atoms with Crippen molar-refractivity contribution >= 4 is 41.1 Å². The number of hydrogen-bond acceptors (Lipinski definition) is 31. The van der Waals surface area contributed by atoms with Crippen LogP contribution in [0.4, 0.5) is 0 Å². The van der Waals surface area contributed by atoms with Crippen molar-refractivity contribution in [1.82, 2.24) is 20.9 Å². The van der Waals surface area contributed by atoms with Gasteiger partial charge in [-0.05, 0) is 48.6 Å². The Bertz CT molecular complexity index is 2840. The summed E-state index contributed by atoms with van der Waals surface area (Å²) in [6.45, 7) is 3.99. The molecule has 103 heavy (non-hydrogen) atoms. The fraction of sp³-hybridized carbons (Fsp3) is 0.691. The smallest absolute Gasteiger partial charge is 0.253 e. The quantitative estimate of drug-likeness (QED) is 0.0171. The lowest BCUT2D eigenvalue weighted by atomic mass is 9.95. The summed E-state index contributed by atoms with van der Waals surface area (Å²) >= 11 is 0. The third-order valence-corrected chi connectivity index (χ3v) is 16.4. The van der Waals surface area contributed by atoms with E-state index in [0.29, 0.717) is 103 Å². The van der Waals surface area contributed by atoms with Crippen LogP contribution < -0.4 is 20.7 Å². The number of nitrogens with one attached hydrogen (secondary N) is 3. The van der Waals surface area contributed by atoms with Crippen molar-refractivity contribution in [3.05, 3.63) is 66.2 Å². The second kappa shape index (κ2) is 48.2. The average molecular weight is 1470 g/mol. The molecule has 3 fully saturated rings. The highest BCUT2D eigenvalue weighted by atomic mass is 16.8. The molecule has 4 aliphatic rings. The number of nitrogens with zero attached hydrogens (tertiary/aromatic N) is 1. The van der Waals surface area contributed by atoms with E-state index in [1.807, 2.05) is 30.3 Å². The first kappa shape index (κ1) is 85.9. The van der Waals surface area contributed by atoms with Crippen LogP contribution in [0.5, 0.6) is 5.75 Å². The molecule has 15 atom stereocenters. The number of ketones is 2. The van der Waals surface area contributed by atoms with Gasteiger partial charge in [-0.15, -0.1) is 0 Å². The number of hydrogen-bond donors (Lipinski definition) is 12. The fourth-order valence-corrected chi connectivity index (χ4v) is 10.8. The molecule has 12 N–H and O–H groups in total. The Kier molecular flexibility index (Phi) is 40.2. The maximum atomic E-state index is 13.0. The minimum atomic E-state index is -1.98. The summed E-state index contributed by atoms with van der Waals surface area (Å²) in [6.07, 6.45) is -19.2. The van der Waals surface area contributed by atoms with E-state index in [1.165, 1.54) is 12.2 Å². The molecular formula is C68H102N4O31. The van der Waals surface area contributed by atoms with Crippen LogP contribution >= 0.6 is 0 Å². The minimum Gasteiger partial charge on any atom is -0.486 e. The predicted molar refractivity (Wildman–Crippen MR) is 354 cm³/mol. The van der Waals surface area contributed by atoms with Crippen molar-refractivity contribution in [2.75, 3.05) is 158 Å². The van der Waals surface area contributed by atoms with E-state index in [4.69, 9.17) is 71.1 Å². The second-order valence-electron chi connectivity index (χ2n) is 24.1. The summed E-state index contributed by atoms with van der Waals surface area (Å²) < 4.78 is 83.8. The van der Waals surface area contributed by atoms with Crippen molar-refractivity contribution < 1.29 is 151 Å². The van der Waals surface area contributed by atoms with Crippen molar-refractivity contribution in [2.45, 2.75) is 144 Å². The van der Waals surface area contributed by atoms with Gasteiger partial charge in [-0.25, -0.2) is 0 Å². The zero-order valence-corrected chi connectivity index (χ0v) is 57.8. The Balaban J connectivity index is 0.708. The zero-order chi connectivity index (χ0) is 74.3. The predicted octanol–water partition coefficient (Wildman–Crippen LogP) is -3.89. The maximum Gasteiger partial charge on any atom is 0.253 e. The van der Waals surface area contributed by atoms with Gasteiger partial charge in [0, 0.05) is 70.0 Å². The highest BCUT2D eigenvalue weighted by molar-refractivity contribution is 6.12. The first-order chi connectivity index (χ1) is 49.8. The van der Waals surface area contributed by atoms with Crippen LogP contribution in [0.3, 0.4) is 0 Å². The van der Waals surface area contributed by atoms with Gasteiger partial charge in [0.15, 0.2) is 30.4 Å². The monoisotopic (exact) mass is 1470 g/mol. The van der Waals surface area contributed by atoms with Gasteiger partial charge in [-0.3, -0.25) is 38.5 Å². The van der Waals surface area contributed by atoms with Crippen LogP contribution in [0.1, 0.15) is 62.2 Å². The summed E-state index contributed by atoms with van der Waals surface area (Å²) in [5, 5.41) is 103. The van der Waals surface area contributed by atoms with Gasteiger partial charge < -0.3 is 133 Å². The minimum absolute atomic E-state index is 0.0489. The molecule has 4 heterocycles. The number of rotatable bonds is 53. The van der Waals surface area contributed by atoms with E-state index in [9.17, 15) is 79.5 Å². The van der Waals surface area contributed by atoms with E-state index < -0.39 is 118 Å². The second-order valence-corrected chi connectivity index (χ2v) is 24.1. The first-order valence-corrected chi connectivity index (χ1v) is 34.5. The third kappa shape index (κ3) is 30.0. The summed E-state index contributed by atoms with van der Waals surface area (Å²) in [6, 6.07) is 13.2. The number of imide groups is 1. The zero-order valence-electron chi connectivity index (χ0n) is 57.8. The van der Waals surface area contributed by atoms with Gasteiger partial charge in [0.2, 0.25) is 17.7 Å². The normalized spacial score (nSPS) is 25.6. The number of benzene rings is 2. The number of Topliss-reactive ketones (excluding diaryl/α,β-unsaturated/α-hetero) is 2. The van der Waals surface area contributed by atoms with Gasteiger partial charge in [0.05, 0.1) is 132 Å². The van der Waals surface area contributed by atoms with E-state index in [0.717, 1.165) is 23.0 Å². The van der Waals surface area contributed by atoms with Crippen LogP contribution in [0, 0.1) is 0 Å². The third-order valence-electron chi connectivity index (χ3n) is 16.4. The Morgan fingerprint density at radius 1 is 0.476 bits per heavy atom. The van der Waals surface area contributed by atoms with Gasteiger partial charge in [-0.2, -0.15) is 0 Å². The Labute approximate surface area is 596 Å². The van der Waals surface area contributed by atoms with Gasteiger partial charge in [-0.1, -0.05) is 30.3 Å². The lowest BCUT2D eigenvalue weighted by Gasteiger charge is -2.48. The Hall–Kier alpha value is -6.05. The van der Waals surface area contributed by atoms with Crippen molar-refractivity contribution in [3.63, 3.8) is 0 Å². The van der Waals surface area contributed by atoms with E-state index in [1.54, 1.807) is 18.2 Å². The molecule has 0 radical (unpaired) electrons. The Morgan fingerprint density at radius 2 is 0.981 bits per heavy atom. The van der Waals surface area contributed by atoms with Crippen LogP contribution in [0.15, 0.2) is 60.7 Å². The average Bonchev–Trinajstić information content (AvgIpc) is 1.15. The van der Waals surface area contributed by atoms with Crippen molar-refractivity contribution in [3.8, 4) is 16.9 Å². The van der Waals surface area contributed by atoms with Gasteiger partial charge in [0.25, 0.3) is 11.8 Å². The molecule has 580 valence electrons. The molecule has 4 aliphatic heterocycles. The van der Waals surface area contributed by atoms with Crippen LogP contribution in [0.2, 0.25) is 0 Å². The highest BCUT2D eigenvalue weighted by Gasteiger charge is 2.54. The molecule has 2 aromatic rings. The van der Waals surface area contributed by atoms with Gasteiger partial charge in [0.1, 0.15) is 85.5 Å². The molecule has 6 rings (SSSR count). The number of ether oxygens (including phenoxy) is 15. The maximum absolute atomic E-state index is 13.0. The lowest BCUT2D eigenvalue weighted by Crippen LogP contribution is -2.68. The molecule has 0 bridgehead atoms. The molecule has 35 heteroatoms. The molecule has 5 amide bonds. The SMILES string of the molecule is CC(=O)NC1[C@H](OCCCNC(=O)CCOCCOCCOCCOCCCC(=O)COc2ccc(-c3cccc(C(=O)CCCNC(=O)CCOCCOCCOCCOCCN4C(=O)C=CC4=O)c3)cc2)OC(CO)[C@@H](O[C@@H]2OC(CO)[C@H](O)[C@H](O[C@H]3OC(CO)[C@H](O)[C@H](O)C3O)C2O)[C@@H]1O. The van der Waals surface area contributed by atoms with E-state index >= 15 is 0 Å². The summed E-state index contributed by atoms with van der Waals surface area (Å²) in [5.74, 6) is -1.39. The van der Waals surface area contributed by atoms with Crippen molar-refractivity contribution in [1.29, 1.82) is 0 Å². The number of amides is 5. The lowest BCUT2D eigenvalue weighted by molar-refractivity contribution is -0.376. The summed E-state index contributed by atoms with van der Waals surface area (Å²) in [4.78, 5) is 86.7. The van der Waals surface area contributed by atoms with E-state index in [2.05, 4.69) is 16.0 Å². The topological polar surface area (TPSA) is 479 Å². The van der Waals surface area contributed by atoms with E-state index in [-0.39, 0.29) is 127 Å². The molecule has 2 aromatic carbocycles. The van der Waals surface area contributed by atoms with Crippen LogP contribution in [-0.2, 0) is 95.1 Å². The largest absolute Gasteiger partial charge is 0.486 e. The molecule has 0 saturated carbocycles. The Morgan fingerprint density at radius 3 is 1.54 bits per heavy atom. The van der Waals surface area contributed by atoms with Gasteiger partial charge >= 0.3 is 0 Å². The first-order valence-electron chi connectivity index (χ1n) is 34.5.